The number of hydrogen-bond acceptors (Lipinski definition) is 2. The molecule has 0 spiro atoms. The molecular formula is C17H18O2. The molecule has 0 radical (unpaired) electrons. The second-order valence-electron chi connectivity index (χ2n) is 4.66. The van der Waals surface area contributed by atoms with Crippen molar-refractivity contribution in [3.63, 3.8) is 0 Å². The highest BCUT2D eigenvalue weighted by molar-refractivity contribution is 5.64. The molecule has 98 valence electrons. The van der Waals surface area contributed by atoms with Crippen LogP contribution in [0.25, 0.3) is 11.1 Å². The summed E-state index contributed by atoms with van der Waals surface area (Å²) in [6.45, 7) is 2.04. The molecule has 2 rings (SSSR count). The van der Waals surface area contributed by atoms with E-state index >= 15 is 0 Å². The molecule has 0 heterocycles. The van der Waals surface area contributed by atoms with E-state index in [0.29, 0.717) is 0 Å². The van der Waals surface area contributed by atoms with E-state index in [1.807, 2.05) is 25.1 Å². The summed E-state index contributed by atoms with van der Waals surface area (Å²) in [7, 11) is 0. The standard InChI is InChI=1S/C17H18O2/c1-13(12-18)2-3-14-4-6-15(7-5-14)16-8-10-17(19)11-9-16/h2,4-11,18-19H,3,12H2,1H3/b13-2-. The Morgan fingerprint density at radius 1 is 0.947 bits per heavy atom. The van der Waals surface area contributed by atoms with Gasteiger partial charge in [-0.3, -0.25) is 0 Å². The lowest BCUT2D eigenvalue weighted by atomic mass is 10.0. The van der Waals surface area contributed by atoms with Gasteiger partial charge < -0.3 is 10.2 Å². The average molecular weight is 254 g/mol. The number of phenolic OH excluding ortho intramolecular Hbond substituents is 1. The molecule has 0 amide bonds. The van der Waals surface area contributed by atoms with E-state index in [-0.39, 0.29) is 12.4 Å². The molecule has 0 bridgehead atoms. The maximum atomic E-state index is 9.27. The fourth-order valence-corrected chi connectivity index (χ4v) is 1.84. The molecule has 19 heavy (non-hydrogen) atoms. The van der Waals surface area contributed by atoms with Crippen molar-refractivity contribution in [2.24, 2.45) is 0 Å². The molecule has 0 atom stereocenters. The Morgan fingerprint density at radius 2 is 1.47 bits per heavy atom. The first-order chi connectivity index (χ1) is 9.19. The Morgan fingerprint density at radius 3 is 2.00 bits per heavy atom. The zero-order chi connectivity index (χ0) is 13.7. The number of phenols is 1. The highest BCUT2D eigenvalue weighted by Gasteiger charge is 1.98. The zero-order valence-corrected chi connectivity index (χ0v) is 11.0. The minimum absolute atomic E-state index is 0.117. The molecule has 2 heteroatoms. The summed E-state index contributed by atoms with van der Waals surface area (Å²) in [5, 5.41) is 18.2. The number of rotatable bonds is 4. The van der Waals surface area contributed by atoms with E-state index < -0.39 is 0 Å². The summed E-state index contributed by atoms with van der Waals surface area (Å²) >= 11 is 0. The van der Waals surface area contributed by atoms with Crippen LogP contribution in [0.15, 0.2) is 60.2 Å². The van der Waals surface area contributed by atoms with Crippen molar-refractivity contribution < 1.29 is 10.2 Å². The molecular weight excluding hydrogens is 236 g/mol. The van der Waals surface area contributed by atoms with Gasteiger partial charge in [0, 0.05) is 0 Å². The van der Waals surface area contributed by atoms with E-state index in [4.69, 9.17) is 5.11 Å². The summed E-state index contributed by atoms with van der Waals surface area (Å²) in [4.78, 5) is 0. The van der Waals surface area contributed by atoms with Crippen LogP contribution in [0, 0.1) is 0 Å². The predicted molar refractivity (Wildman–Crippen MR) is 78.1 cm³/mol. The van der Waals surface area contributed by atoms with Crippen LogP contribution >= 0.6 is 0 Å². The van der Waals surface area contributed by atoms with Gasteiger partial charge in [-0.05, 0) is 42.2 Å². The fourth-order valence-electron chi connectivity index (χ4n) is 1.84. The maximum absolute atomic E-state index is 9.27. The lowest BCUT2D eigenvalue weighted by Crippen LogP contribution is -1.87. The molecule has 0 unspecified atom stereocenters. The first-order valence-electron chi connectivity index (χ1n) is 6.34. The highest BCUT2D eigenvalue weighted by atomic mass is 16.3. The van der Waals surface area contributed by atoms with Gasteiger partial charge in [-0.25, -0.2) is 0 Å². The van der Waals surface area contributed by atoms with Crippen LogP contribution in [0.4, 0.5) is 0 Å². The Hall–Kier alpha value is -2.06. The Balaban J connectivity index is 2.12. The van der Waals surface area contributed by atoms with Crippen molar-refractivity contribution in [3.8, 4) is 16.9 Å². The average Bonchev–Trinajstić information content (AvgIpc) is 2.46. The lowest BCUT2D eigenvalue weighted by Gasteiger charge is -2.04. The number of benzene rings is 2. The minimum Gasteiger partial charge on any atom is -0.508 e. The Labute approximate surface area is 113 Å². The van der Waals surface area contributed by atoms with E-state index in [9.17, 15) is 5.11 Å². The summed E-state index contributed by atoms with van der Waals surface area (Å²) in [6, 6.07) is 15.5. The van der Waals surface area contributed by atoms with Crippen molar-refractivity contribution >= 4 is 0 Å². The normalized spacial score (nSPS) is 11.6. The van der Waals surface area contributed by atoms with Crippen molar-refractivity contribution in [3.05, 3.63) is 65.7 Å². The van der Waals surface area contributed by atoms with Crippen LogP contribution in [0.2, 0.25) is 0 Å². The minimum atomic E-state index is 0.117. The fraction of sp³-hybridized carbons (Fsp3) is 0.176. The molecule has 0 saturated carbocycles. The van der Waals surface area contributed by atoms with Gasteiger partial charge in [0.1, 0.15) is 5.75 Å². The van der Waals surface area contributed by atoms with Gasteiger partial charge in [0.2, 0.25) is 0 Å². The number of hydrogen-bond donors (Lipinski definition) is 2. The van der Waals surface area contributed by atoms with Crippen LogP contribution in [-0.4, -0.2) is 16.8 Å². The summed E-state index contributed by atoms with van der Waals surface area (Å²) in [5.74, 6) is 0.282. The molecule has 0 aromatic heterocycles. The van der Waals surface area contributed by atoms with Crippen LogP contribution < -0.4 is 0 Å². The predicted octanol–water partition coefficient (Wildman–Crippen LogP) is 3.54. The first-order valence-corrected chi connectivity index (χ1v) is 6.34. The van der Waals surface area contributed by atoms with Crippen molar-refractivity contribution in [1.82, 2.24) is 0 Å². The van der Waals surface area contributed by atoms with E-state index in [2.05, 4.69) is 24.3 Å². The maximum Gasteiger partial charge on any atom is 0.115 e. The van der Waals surface area contributed by atoms with Crippen LogP contribution in [0.3, 0.4) is 0 Å². The SMILES string of the molecule is C/C(=C/Cc1ccc(-c2ccc(O)cc2)cc1)CO. The second-order valence-corrected chi connectivity index (χ2v) is 4.66. The van der Waals surface area contributed by atoms with Crippen LogP contribution in [-0.2, 0) is 6.42 Å². The van der Waals surface area contributed by atoms with Gasteiger partial charge >= 0.3 is 0 Å². The topological polar surface area (TPSA) is 40.5 Å². The molecule has 0 saturated heterocycles. The van der Waals surface area contributed by atoms with Crippen molar-refractivity contribution in [2.75, 3.05) is 6.61 Å². The van der Waals surface area contributed by atoms with E-state index in [0.717, 1.165) is 23.1 Å². The third-order valence-corrected chi connectivity index (χ3v) is 3.09. The van der Waals surface area contributed by atoms with Gasteiger partial charge in [0.05, 0.1) is 6.61 Å². The van der Waals surface area contributed by atoms with Gasteiger partial charge in [-0.2, -0.15) is 0 Å². The third kappa shape index (κ3) is 3.70. The van der Waals surface area contributed by atoms with Gasteiger partial charge in [0.25, 0.3) is 0 Å². The number of aliphatic hydroxyl groups excluding tert-OH is 1. The number of aromatic hydroxyl groups is 1. The molecule has 0 aliphatic carbocycles. The smallest absolute Gasteiger partial charge is 0.115 e. The summed E-state index contributed by atoms with van der Waals surface area (Å²) in [5.41, 5.74) is 4.43. The molecule has 0 fully saturated rings. The number of allylic oxidation sites excluding steroid dienone is 1. The Kier molecular flexibility index (Phi) is 4.37. The van der Waals surface area contributed by atoms with Crippen LogP contribution in [0.1, 0.15) is 12.5 Å². The summed E-state index contributed by atoms with van der Waals surface area (Å²) in [6.07, 6.45) is 2.87. The molecule has 0 aliphatic rings. The zero-order valence-electron chi connectivity index (χ0n) is 11.0. The van der Waals surface area contributed by atoms with Gasteiger partial charge in [0.15, 0.2) is 0 Å². The van der Waals surface area contributed by atoms with Gasteiger partial charge in [-0.15, -0.1) is 0 Å². The van der Waals surface area contributed by atoms with Crippen LogP contribution in [0.5, 0.6) is 5.75 Å². The quantitative estimate of drug-likeness (QED) is 0.819. The van der Waals surface area contributed by atoms with Crippen molar-refractivity contribution in [1.29, 1.82) is 0 Å². The monoisotopic (exact) mass is 254 g/mol. The van der Waals surface area contributed by atoms with E-state index in [1.165, 1.54) is 5.56 Å². The molecule has 2 aromatic carbocycles. The number of aliphatic hydroxyl groups is 1. The van der Waals surface area contributed by atoms with Gasteiger partial charge in [-0.1, -0.05) is 48.0 Å². The highest BCUT2D eigenvalue weighted by Crippen LogP contribution is 2.22. The van der Waals surface area contributed by atoms with E-state index in [1.54, 1.807) is 12.1 Å². The molecule has 2 nitrogen and oxygen atoms in total. The third-order valence-electron chi connectivity index (χ3n) is 3.09. The largest absolute Gasteiger partial charge is 0.508 e. The first kappa shape index (κ1) is 13.4. The Bertz CT molecular complexity index is 551. The molecule has 2 aromatic rings. The molecule has 0 aliphatic heterocycles. The van der Waals surface area contributed by atoms with Crippen molar-refractivity contribution in [2.45, 2.75) is 13.3 Å². The lowest BCUT2D eigenvalue weighted by molar-refractivity contribution is 0.331. The second kappa shape index (κ2) is 6.21. The summed E-state index contributed by atoms with van der Waals surface area (Å²) < 4.78 is 0. The molecule has 2 N–H and O–H groups in total.